The van der Waals surface area contributed by atoms with Crippen LogP contribution < -0.4 is 0 Å². The Bertz CT molecular complexity index is 420. The molecular formula is C14H19ClFNO. The van der Waals surface area contributed by atoms with Gasteiger partial charge in [-0.2, -0.15) is 0 Å². The lowest BCUT2D eigenvalue weighted by Crippen LogP contribution is -2.37. The number of hydrogen-bond donors (Lipinski definition) is 0. The van der Waals surface area contributed by atoms with Crippen molar-refractivity contribution in [3.05, 3.63) is 35.1 Å². The summed E-state index contributed by atoms with van der Waals surface area (Å²) in [5, 5.41) is 0. The second-order valence-corrected chi connectivity index (χ2v) is 4.98. The summed E-state index contributed by atoms with van der Waals surface area (Å²) in [4.78, 5) is 14.1. The first-order valence-corrected chi connectivity index (χ1v) is 6.64. The highest BCUT2D eigenvalue weighted by Crippen LogP contribution is 2.13. The van der Waals surface area contributed by atoms with Gasteiger partial charge in [0.05, 0.1) is 0 Å². The maximum atomic E-state index is 13.2. The minimum absolute atomic E-state index is 0.0711. The molecule has 2 nitrogen and oxygen atoms in total. The van der Waals surface area contributed by atoms with Crippen molar-refractivity contribution >= 4 is 17.5 Å². The molecule has 0 radical (unpaired) electrons. The molecule has 0 saturated heterocycles. The third kappa shape index (κ3) is 3.70. The number of alkyl halides is 1. The molecule has 0 aliphatic carbocycles. The summed E-state index contributed by atoms with van der Waals surface area (Å²) in [6.45, 7) is 6.20. The molecule has 0 atom stereocenters. The van der Waals surface area contributed by atoms with Crippen LogP contribution in [0.25, 0.3) is 0 Å². The lowest BCUT2D eigenvalue weighted by molar-refractivity contribution is 0.0706. The van der Waals surface area contributed by atoms with E-state index in [4.69, 9.17) is 11.6 Å². The van der Waals surface area contributed by atoms with E-state index in [-0.39, 0.29) is 17.8 Å². The molecule has 1 aromatic carbocycles. The van der Waals surface area contributed by atoms with E-state index in [2.05, 4.69) is 0 Å². The second kappa shape index (κ2) is 6.74. The number of nitrogens with zero attached hydrogens (tertiary/aromatic N) is 1. The van der Waals surface area contributed by atoms with Gasteiger partial charge in [0.1, 0.15) is 5.82 Å². The van der Waals surface area contributed by atoms with Crippen molar-refractivity contribution in [2.75, 3.05) is 12.4 Å². The fraction of sp³-hybridized carbons (Fsp3) is 0.500. The Morgan fingerprint density at radius 1 is 1.44 bits per heavy atom. The van der Waals surface area contributed by atoms with Crippen LogP contribution in [0.4, 0.5) is 4.39 Å². The van der Waals surface area contributed by atoms with Crippen LogP contribution in [0.2, 0.25) is 0 Å². The van der Waals surface area contributed by atoms with Crippen LogP contribution >= 0.6 is 11.6 Å². The van der Waals surface area contributed by atoms with Gasteiger partial charge in [0.25, 0.3) is 5.91 Å². The topological polar surface area (TPSA) is 20.3 Å². The molecule has 0 bridgehead atoms. The number of amides is 1. The van der Waals surface area contributed by atoms with Crippen molar-refractivity contribution in [3.8, 4) is 0 Å². The molecule has 4 heteroatoms. The summed E-state index contributed by atoms with van der Waals surface area (Å²) in [5.41, 5.74) is 1.01. The highest BCUT2D eigenvalue weighted by molar-refractivity contribution is 6.17. The molecule has 1 amide bonds. The summed E-state index contributed by atoms with van der Waals surface area (Å²) in [5.74, 6) is 0.167. The van der Waals surface area contributed by atoms with E-state index in [0.717, 1.165) is 6.42 Å². The minimum atomic E-state index is -0.289. The number of carbonyl (C=O) groups excluding carboxylic acids is 1. The van der Waals surface area contributed by atoms with Gasteiger partial charge in [-0.15, -0.1) is 11.6 Å². The van der Waals surface area contributed by atoms with E-state index in [1.165, 1.54) is 12.1 Å². The Labute approximate surface area is 113 Å². The van der Waals surface area contributed by atoms with E-state index >= 15 is 0 Å². The second-order valence-electron chi connectivity index (χ2n) is 4.60. The lowest BCUT2D eigenvalue weighted by Gasteiger charge is -2.26. The summed E-state index contributed by atoms with van der Waals surface area (Å²) in [6, 6.07) is 4.56. The van der Waals surface area contributed by atoms with E-state index in [9.17, 15) is 9.18 Å². The van der Waals surface area contributed by atoms with Crippen molar-refractivity contribution < 1.29 is 9.18 Å². The Balaban J connectivity index is 2.91. The molecule has 1 aromatic rings. The van der Waals surface area contributed by atoms with Crippen molar-refractivity contribution in [2.45, 2.75) is 33.2 Å². The van der Waals surface area contributed by atoms with Gasteiger partial charge in [-0.3, -0.25) is 4.79 Å². The third-order valence-corrected chi connectivity index (χ3v) is 3.09. The lowest BCUT2D eigenvalue weighted by atomic mass is 10.1. The van der Waals surface area contributed by atoms with Crippen LogP contribution in [-0.2, 0) is 0 Å². The van der Waals surface area contributed by atoms with Gasteiger partial charge in [-0.1, -0.05) is 0 Å². The molecule has 0 unspecified atom stereocenters. The number of aryl methyl sites for hydroxylation is 1. The highest BCUT2D eigenvalue weighted by Gasteiger charge is 2.18. The molecule has 0 fully saturated rings. The van der Waals surface area contributed by atoms with Gasteiger partial charge < -0.3 is 4.90 Å². The fourth-order valence-corrected chi connectivity index (χ4v) is 1.89. The first kappa shape index (κ1) is 15.0. The monoisotopic (exact) mass is 271 g/mol. The zero-order chi connectivity index (χ0) is 13.7. The summed E-state index contributed by atoms with van der Waals surface area (Å²) in [6.07, 6.45) is 0.756. The Hall–Kier alpha value is -1.09. The Kier molecular flexibility index (Phi) is 5.60. The Morgan fingerprint density at radius 2 is 2.11 bits per heavy atom. The summed E-state index contributed by atoms with van der Waals surface area (Å²) < 4.78 is 13.2. The predicted octanol–water partition coefficient (Wildman–Crippen LogP) is 3.61. The molecule has 0 heterocycles. The van der Waals surface area contributed by atoms with Crippen LogP contribution in [-0.4, -0.2) is 29.3 Å². The molecule has 0 aromatic heterocycles. The zero-order valence-corrected chi connectivity index (χ0v) is 11.8. The molecule has 1 rings (SSSR count). The average Bonchev–Trinajstić information content (AvgIpc) is 2.32. The van der Waals surface area contributed by atoms with Crippen LogP contribution in [0.3, 0.4) is 0 Å². The number of hydrogen-bond acceptors (Lipinski definition) is 1. The van der Waals surface area contributed by atoms with Crippen LogP contribution in [0.5, 0.6) is 0 Å². The molecule has 0 spiro atoms. The quantitative estimate of drug-likeness (QED) is 0.749. The third-order valence-electron chi connectivity index (χ3n) is 2.82. The van der Waals surface area contributed by atoms with Gasteiger partial charge >= 0.3 is 0 Å². The SMILES string of the molecule is Cc1cc(C(=O)N(CCCCl)C(C)C)ccc1F. The van der Waals surface area contributed by atoms with Gasteiger partial charge in [0, 0.05) is 24.0 Å². The largest absolute Gasteiger partial charge is 0.336 e. The minimum Gasteiger partial charge on any atom is -0.336 e. The molecule has 0 aliphatic rings. The van der Waals surface area contributed by atoms with Gasteiger partial charge in [-0.25, -0.2) is 4.39 Å². The molecular weight excluding hydrogens is 253 g/mol. The number of carbonyl (C=O) groups is 1. The van der Waals surface area contributed by atoms with Crippen LogP contribution in [0.15, 0.2) is 18.2 Å². The zero-order valence-electron chi connectivity index (χ0n) is 11.0. The van der Waals surface area contributed by atoms with E-state index in [1.807, 2.05) is 13.8 Å². The summed E-state index contributed by atoms with van der Waals surface area (Å²) >= 11 is 5.66. The summed E-state index contributed by atoms with van der Waals surface area (Å²) in [7, 11) is 0. The van der Waals surface area contributed by atoms with Crippen molar-refractivity contribution in [1.82, 2.24) is 4.90 Å². The van der Waals surface area contributed by atoms with Gasteiger partial charge in [-0.05, 0) is 51.0 Å². The standard InChI is InChI=1S/C14H19ClFNO/c1-10(2)17(8-4-7-15)14(18)12-5-6-13(16)11(3)9-12/h5-6,9-10H,4,7-8H2,1-3H3. The number of rotatable bonds is 5. The van der Waals surface area contributed by atoms with Crippen molar-refractivity contribution in [2.24, 2.45) is 0 Å². The van der Waals surface area contributed by atoms with Crippen LogP contribution in [0.1, 0.15) is 36.2 Å². The molecule has 0 saturated carbocycles. The van der Waals surface area contributed by atoms with Crippen LogP contribution in [0, 0.1) is 12.7 Å². The maximum Gasteiger partial charge on any atom is 0.254 e. The van der Waals surface area contributed by atoms with E-state index in [1.54, 1.807) is 17.9 Å². The first-order valence-electron chi connectivity index (χ1n) is 6.10. The fourth-order valence-electron chi connectivity index (χ4n) is 1.77. The molecule has 0 N–H and O–H groups in total. The Morgan fingerprint density at radius 3 is 2.61 bits per heavy atom. The molecule has 0 aliphatic heterocycles. The van der Waals surface area contributed by atoms with Gasteiger partial charge in [0.15, 0.2) is 0 Å². The number of benzene rings is 1. The maximum absolute atomic E-state index is 13.2. The van der Waals surface area contributed by atoms with Crippen molar-refractivity contribution in [1.29, 1.82) is 0 Å². The molecule has 18 heavy (non-hydrogen) atoms. The first-order chi connectivity index (χ1) is 8.47. The number of halogens is 2. The smallest absolute Gasteiger partial charge is 0.254 e. The van der Waals surface area contributed by atoms with Gasteiger partial charge in [0.2, 0.25) is 0 Å². The average molecular weight is 272 g/mol. The van der Waals surface area contributed by atoms with E-state index < -0.39 is 0 Å². The highest BCUT2D eigenvalue weighted by atomic mass is 35.5. The van der Waals surface area contributed by atoms with Crippen molar-refractivity contribution in [3.63, 3.8) is 0 Å². The molecule has 100 valence electrons. The van der Waals surface area contributed by atoms with E-state index in [0.29, 0.717) is 23.6 Å². The predicted molar refractivity (Wildman–Crippen MR) is 72.6 cm³/mol. The normalized spacial score (nSPS) is 10.8.